The molecule has 2 aromatic heterocycles. The highest BCUT2D eigenvalue weighted by Crippen LogP contribution is 2.26. The fourth-order valence-corrected chi connectivity index (χ4v) is 2.77. The van der Waals surface area contributed by atoms with Gasteiger partial charge in [0.1, 0.15) is 12.1 Å². The maximum absolute atomic E-state index is 4.28. The molecule has 1 fully saturated rings. The quantitative estimate of drug-likeness (QED) is 0.883. The van der Waals surface area contributed by atoms with Crippen LogP contribution in [0.15, 0.2) is 18.5 Å². The van der Waals surface area contributed by atoms with Crippen molar-refractivity contribution in [2.24, 2.45) is 5.92 Å². The van der Waals surface area contributed by atoms with Gasteiger partial charge in [-0.25, -0.2) is 4.98 Å². The monoisotopic (exact) mass is 244 g/mol. The second-order valence-electron chi connectivity index (χ2n) is 5.55. The molecule has 0 amide bonds. The van der Waals surface area contributed by atoms with Gasteiger partial charge in [0.05, 0.1) is 0 Å². The van der Waals surface area contributed by atoms with Gasteiger partial charge >= 0.3 is 0 Å². The first-order valence-electron chi connectivity index (χ1n) is 6.79. The van der Waals surface area contributed by atoms with Crippen LogP contribution in [0.1, 0.15) is 38.2 Å². The molecule has 1 aliphatic carbocycles. The van der Waals surface area contributed by atoms with Gasteiger partial charge in [-0.2, -0.15) is 9.61 Å². The highest BCUT2D eigenvalue weighted by molar-refractivity contribution is 5.51. The van der Waals surface area contributed by atoms with E-state index in [-0.39, 0.29) is 0 Å². The van der Waals surface area contributed by atoms with E-state index in [1.807, 2.05) is 4.52 Å². The van der Waals surface area contributed by atoms with Crippen LogP contribution in [0.5, 0.6) is 0 Å². The molecule has 4 heteroatoms. The van der Waals surface area contributed by atoms with Crippen molar-refractivity contribution in [2.75, 3.05) is 5.32 Å². The van der Waals surface area contributed by atoms with E-state index in [1.165, 1.54) is 31.2 Å². The molecule has 3 rings (SSSR count). The second kappa shape index (κ2) is 4.59. The molecule has 0 atom stereocenters. The maximum atomic E-state index is 4.28. The number of hydrogen-bond donors (Lipinski definition) is 1. The molecule has 2 aromatic rings. The van der Waals surface area contributed by atoms with Gasteiger partial charge in [-0.15, -0.1) is 0 Å². The van der Waals surface area contributed by atoms with Crippen LogP contribution >= 0.6 is 0 Å². The van der Waals surface area contributed by atoms with Crippen molar-refractivity contribution in [2.45, 2.75) is 45.6 Å². The molecule has 2 heterocycles. The number of anilines is 1. The Labute approximate surface area is 107 Å². The van der Waals surface area contributed by atoms with Crippen LogP contribution in [-0.4, -0.2) is 20.6 Å². The molecule has 0 spiro atoms. The predicted octanol–water partition coefficient (Wildman–Crippen LogP) is 3.03. The van der Waals surface area contributed by atoms with Crippen molar-refractivity contribution in [3.63, 3.8) is 0 Å². The SMILES string of the molecule is Cc1cc(NC2CCC(C)CC2)n2ncnc2c1. The summed E-state index contributed by atoms with van der Waals surface area (Å²) in [5.74, 6) is 1.95. The summed E-state index contributed by atoms with van der Waals surface area (Å²) in [4.78, 5) is 4.26. The van der Waals surface area contributed by atoms with E-state index < -0.39 is 0 Å². The van der Waals surface area contributed by atoms with Gasteiger partial charge in [-0.3, -0.25) is 0 Å². The largest absolute Gasteiger partial charge is 0.367 e. The van der Waals surface area contributed by atoms with Crippen molar-refractivity contribution in [1.82, 2.24) is 14.6 Å². The molecule has 96 valence electrons. The topological polar surface area (TPSA) is 42.2 Å². The number of fused-ring (bicyclic) bond motifs is 1. The third-order valence-electron chi connectivity index (χ3n) is 3.89. The minimum absolute atomic E-state index is 0.579. The van der Waals surface area contributed by atoms with Crippen molar-refractivity contribution >= 4 is 11.5 Å². The van der Waals surface area contributed by atoms with Crippen molar-refractivity contribution < 1.29 is 0 Å². The number of hydrogen-bond acceptors (Lipinski definition) is 3. The average Bonchev–Trinajstić information content (AvgIpc) is 2.80. The van der Waals surface area contributed by atoms with Gasteiger partial charge in [-0.1, -0.05) is 6.92 Å². The van der Waals surface area contributed by atoms with Crippen molar-refractivity contribution in [3.8, 4) is 0 Å². The normalized spacial score (nSPS) is 24.3. The first-order chi connectivity index (χ1) is 8.72. The first-order valence-corrected chi connectivity index (χ1v) is 6.79. The van der Waals surface area contributed by atoms with E-state index in [1.54, 1.807) is 6.33 Å². The number of rotatable bonds is 2. The Morgan fingerprint density at radius 1 is 1.22 bits per heavy atom. The Hall–Kier alpha value is -1.58. The maximum Gasteiger partial charge on any atom is 0.157 e. The average molecular weight is 244 g/mol. The predicted molar refractivity (Wildman–Crippen MR) is 72.8 cm³/mol. The fraction of sp³-hybridized carbons (Fsp3) is 0.571. The number of aryl methyl sites for hydroxylation is 1. The molecule has 0 radical (unpaired) electrons. The third kappa shape index (κ3) is 2.19. The highest BCUT2D eigenvalue weighted by atomic mass is 15.3. The van der Waals surface area contributed by atoms with Crippen LogP contribution in [-0.2, 0) is 0 Å². The summed E-state index contributed by atoms with van der Waals surface area (Å²) in [5.41, 5.74) is 2.14. The lowest BCUT2D eigenvalue weighted by atomic mass is 9.87. The lowest BCUT2D eigenvalue weighted by Gasteiger charge is -2.27. The van der Waals surface area contributed by atoms with Crippen LogP contribution in [0.3, 0.4) is 0 Å². The van der Waals surface area contributed by atoms with Crippen molar-refractivity contribution in [1.29, 1.82) is 0 Å². The summed E-state index contributed by atoms with van der Waals surface area (Å²) >= 11 is 0. The first kappa shape index (κ1) is 11.5. The zero-order valence-corrected chi connectivity index (χ0v) is 11.1. The molecule has 1 N–H and O–H groups in total. The summed E-state index contributed by atoms with van der Waals surface area (Å²) in [6.45, 7) is 4.45. The van der Waals surface area contributed by atoms with Crippen LogP contribution in [0.2, 0.25) is 0 Å². The fourth-order valence-electron chi connectivity index (χ4n) is 2.77. The van der Waals surface area contributed by atoms with Crippen LogP contribution in [0.25, 0.3) is 5.65 Å². The Morgan fingerprint density at radius 2 is 2.00 bits per heavy atom. The van der Waals surface area contributed by atoms with Gasteiger partial charge < -0.3 is 5.32 Å². The summed E-state index contributed by atoms with van der Waals surface area (Å²) < 4.78 is 1.89. The number of pyridine rings is 1. The summed E-state index contributed by atoms with van der Waals surface area (Å²) in [5, 5.41) is 7.92. The summed E-state index contributed by atoms with van der Waals surface area (Å²) in [6, 6.07) is 4.79. The Bertz CT molecular complexity index is 538. The van der Waals surface area contributed by atoms with Gasteiger partial charge in [-0.05, 0) is 56.2 Å². The number of nitrogens with zero attached hydrogens (tertiary/aromatic N) is 3. The Kier molecular flexibility index (Phi) is 2.94. The molecule has 4 nitrogen and oxygen atoms in total. The molecule has 0 saturated heterocycles. The molecule has 1 aliphatic rings. The van der Waals surface area contributed by atoms with E-state index in [4.69, 9.17) is 0 Å². The van der Waals surface area contributed by atoms with Crippen LogP contribution in [0.4, 0.5) is 5.82 Å². The Balaban J connectivity index is 1.83. The zero-order chi connectivity index (χ0) is 12.5. The third-order valence-corrected chi connectivity index (χ3v) is 3.89. The lowest BCUT2D eigenvalue weighted by Crippen LogP contribution is -2.26. The van der Waals surface area contributed by atoms with E-state index in [9.17, 15) is 0 Å². The van der Waals surface area contributed by atoms with Gasteiger partial charge in [0, 0.05) is 6.04 Å². The number of nitrogens with one attached hydrogen (secondary N) is 1. The molecule has 0 bridgehead atoms. The van der Waals surface area contributed by atoms with E-state index >= 15 is 0 Å². The molecular formula is C14H20N4. The Morgan fingerprint density at radius 3 is 2.78 bits per heavy atom. The second-order valence-corrected chi connectivity index (χ2v) is 5.55. The molecule has 0 unspecified atom stereocenters. The zero-order valence-electron chi connectivity index (χ0n) is 11.1. The van der Waals surface area contributed by atoms with Crippen LogP contribution < -0.4 is 5.32 Å². The van der Waals surface area contributed by atoms with E-state index in [2.05, 4.69) is 41.4 Å². The highest BCUT2D eigenvalue weighted by Gasteiger charge is 2.18. The van der Waals surface area contributed by atoms with Gasteiger partial charge in [0.25, 0.3) is 0 Å². The minimum atomic E-state index is 0.579. The smallest absolute Gasteiger partial charge is 0.157 e. The molecule has 1 saturated carbocycles. The number of aromatic nitrogens is 3. The van der Waals surface area contributed by atoms with Gasteiger partial charge in [0.15, 0.2) is 5.65 Å². The van der Waals surface area contributed by atoms with E-state index in [0.717, 1.165) is 17.4 Å². The standard InChI is InChI=1S/C14H20N4/c1-10-3-5-12(6-4-10)17-14-8-11(2)7-13-15-9-16-18(13)14/h7-10,12,17H,3-6H2,1-2H3. The molecular weight excluding hydrogens is 224 g/mol. The lowest BCUT2D eigenvalue weighted by molar-refractivity contribution is 0.360. The minimum Gasteiger partial charge on any atom is -0.367 e. The molecule has 0 aliphatic heterocycles. The summed E-state index contributed by atoms with van der Waals surface area (Å²) in [6.07, 6.45) is 6.77. The van der Waals surface area contributed by atoms with Gasteiger partial charge in [0.2, 0.25) is 0 Å². The van der Waals surface area contributed by atoms with E-state index in [0.29, 0.717) is 6.04 Å². The summed E-state index contributed by atoms with van der Waals surface area (Å²) in [7, 11) is 0. The van der Waals surface area contributed by atoms with Crippen LogP contribution in [0, 0.1) is 12.8 Å². The van der Waals surface area contributed by atoms with Crippen molar-refractivity contribution in [3.05, 3.63) is 24.0 Å². The molecule has 0 aromatic carbocycles. The molecule has 18 heavy (non-hydrogen) atoms.